The molecule has 0 unspecified atom stereocenters. The molecule has 0 aromatic heterocycles. The minimum Gasteiger partial charge on any atom is -0.493 e. The molecule has 0 aliphatic carbocycles. The number of benzene rings is 3. The Balaban J connectivity index is 1.54. The molecular formula is C27H28N2O6. The van der Waals surface area contributed by atoms with Gasteiger partial charge in [-0.25, -0.2) is 10.2 Å². The van der Waals surface area contributed by atoms with Crippen LogP contribution >= 0.6 is 0 Å². The molecule has 0 fully saturated rings. The second-order valence-electron chi connectivity index (χ2n) is 7.79. The SMILES string of the molecule is CCc1cc(C)cc(OCC(=O)N/N=C/c2ccc(OCc3cccc(C(=O)O)c3)c(OC)c2)c1. The predicted octanol–water partition coefficient (Wildman–Crippen LogP) is 4.37. The highest BCUT2D eigenvalue weighted by atomic mass is 16.5. The van der Waals surface area contributed by atoms with Gasteiger partial charge in [-0.1, -0.05) is 25.1 Å². The molecule has 0 atom stereocenters. The van der Waals surface area contributed by atoms with Gasteiger partial charge in [-0.3, -0.25) is 4.79 Å². The summed E-state index contributed by atoms with van der Waals surface area (Å²) in [6.45, 7) is 4.08. The first-order valence-electron chi connectivity index (χ1n) is 11.1. The highest BCUT2D eigenvalue weighted by molar-refractivity contribution is 5.87. The molecule has 8 nitrogen and oxygen atoms in total. The maximum atomic E-state index is 12.1. The fourth-order valence-corrected chi connectivity index (χ4v) is 3.31. The molecule has 1 amide bonds. The van der Waals surface area contributed by atoms with E-state index >= 15 is 0 Å². The van der Waals surface area contributed by atoms with Gasteiger partial charge in [0.15, 0.2) is 18.1 Å². The van der Waals surface area contributed by atoms with Crippen LogP contribution in [-0.2, 0) is 17.8 Å². The number of nitrogens with zero attached hydrogens (tertiary/aromatic N) is 1. The van der Waals surface area contributed by atoms with Crippen LogP contribution in [0, 0.1) is 6.92 Å². The monoisotopic (exact) mass is 476 g/mol. The standard InChI is InChI=1S/C27H28N2O6/c1-4-19-10-18(2)11-23(13-19)34-17-26(30)29-28-15-20-8-9-24(25(14-20)33-3)35-16-21-6-5-7-22(12-21)27(31)32/h5-15H,4,16-17H2,1-3H3,(H,29,30)(H,31,32)/b28-15+. The zero-order valence-corrected chi connectivity index (χ0v) is 19.9. The molecule has 0 saturated carbocycles. The largest absolute Gasteiger partial charge is 0.493 e. The van der Waals surface area contributed by atoms with Gasteiger partial charge in [0.1, 0.15) is 12.4 Å². The zero-order valence-electron chi connectivity index (χ0n) is 19.9. The number of hydrogen-bond acceptors (Lipinski definition) is 6. The van der Waals surface area contributed by atoms with Crippen LogP contribution in [-0.4, -0.2) is 36.9 Å². The zero-order chi connectivity index (χ0) is 25.2. The number of carboxylic acid groups (broad SMARTS) is 1. The maximum Gasteiger partial charge on any atom is 0.335 e. The van der Waals surface area contributed by atoms with Crippen LogP contribution in [0.15, 0.2) is 65.8 Å². The number of amides is 1. The summed E-state index contributed by atoms with van der Waals surface area (Å²) in [7, 11) is 1.52. The molecular weight excluding hydrogens is 448 g/mol. The number of aromatic carboxylic acids is 1. The number of carbonyl (C=O) groups is 2. The van der Waals surface area contributed by atoms with Crippen molar-refractivity contribution in [2.45, 2.75) is 26.9 Å². The Kier molecular flexibility index (Phi) is 8.83. The lowest BCUT2D eigenvalue weighted by Crippen LogP contribution is -2.24. The van der Waals surface area contributed by atoms with Crippen molar-refractivity contribution < 1.29 is 28.9 Å². The van der Waals surface area contributed by atoms with Crippen LogP contribution < -0.4 is 19.6 Å². The van der Waals surface area contributed by atoms with Crippen molar-refractivity contribution in [1.29, 1.82) is 0 Å². The average Bonchev–Trinajstić information content (AvgIpc) is 2.86. The molecule has 0 radical (unpaired) electrons. The summed E-state index contributed by atoms with van der Waals surface area (Å²) in [5.74, 6) is 0.247. The van der Waals surface area contributed by atoms with Gasteiger partial charge in [0.25, 0.3) is 5.91 Å². The summed E-state index contributed by atoms with van der Waals surface area (Å²) in [5.41, 5.74) is 6.27. The van der Waals surface area contributed by atoms with E-state index in [1.807, 2.05) is 19.1 Å². The summed E-state index contributed by atoms with van der Waals surface area (Å²) >= 11 is 0. The molecule has 0 bridgehead atoms. The van der Waals surface area contributed by atoms with Gasteiger partial charge in [0, 0.05) is 0 Å². The van der Waals surface area contributed by atoms with Crippen molar-refractivity contribution in [3.63, 3.8) is 0 Å². The van der Waals surface area contributed by atoms with Crippen LogP contribution in [0.25, 0.3) is 0 Å². The van der Waals surface area contributed by atoms with Gasteiger partial charge in [0.2, 0.25) is 0 Å². The lowest BCUT2D eigenvalue weighted by molar-refractivity contribution is -0.123. The van der Waals surface area contributed by atoms with Crippen LogP contribution in [0.4, 0.5) is 0 Å². The van der Waals surface area contributed by atoms with Crippen molar-refractivity contribution in [2.75, 3.05) is 13.7 Å². The molecule has 2 N–H and O–H groups in total. The van der Waals surface area contributed by atoms with E-state index in [0.717, 1.165) is 23.1 Å². The van der Waals surface area contributed by atoms with Gasteiger partial charge in [0.05, 0.1) is 18.9 Å². The predicted molar refractivity (Wildman–Crippen MR) is 133 cm³/mol. The highest BCUT2D eigenvalue weighted by Crippen LogP contribution is 2.28. The molecule has 0 spiro atoms. The maximum absolute atomic E-state index is 12.1. The van der Waals surface area contributed by atoms with Crippen molar-refractivity contribution in [3.8, 4) is 17.2 Å². The Morgan fingerprint density at radius 3 is 2.57 bits per heavy atom. The minimum absolute atomic E-state index is 0.150. The van der Waals surface area contributed by atoms with E-state index in [-0.39, 0.29) is 24.7 Å². The number of nitrogens with one attached hydrogen (secondary N) is 1. The van der Waals surface area contributed by atoms with Gasteiger partial charge >= 0.3 is 5.97 Å². The molecule has 0 aliphatic rings. The smallest absolute Gasteiger partial charge is 0.335 e. The van der Waals surface area contributed by atoms with Gasteiger partial charge in [-0.2, -0.15) is 5.10 Å². The lowest BCUT2D eigenvalue weighted by Gasteiger charge is -2.11. The van der Waals surface area contributed by atoms with Gasteiger partial charge < -0.3 is 19.3 Å². The van der Waals surface area contributed by atoms with Crippen LogP contribution in [0.5, 0.6) is 17.2 Å². The number of rotatable bonds is 11. The van der Waals surface area contributed by atoms with Gasteiger partial charge in [-0.05, 0) is 78.1 Å². The molecule has 8 heteroatoms. The Morgan fingerprint density at radius 2 is 1.83 bits per heavy atom. The van der Waals surface area contributed by atoms with E-state index in [1.54, 1.807) is 36.4 Å². The first kappa shape index (κ1) is 25.3. The average molecular weight is 477 g/mol. The number of aryl methyl sites for hydroxylation is 2. The minimum atomic E-state index is -0.993. The fraction of sp³-hybridized carbons (Fsp3) is 0.222. The second-order valence-corrected chi connectivity index (χ2v) is 7.79. The summed E-state index contributed by atoms with van der Waals surface area (Å²) < 4.78 is 16.8. The van der Waals surface area contributed by atoms with E-state index in [9.17, 15) is 9.59 Å². The highest BCUT2D eigenvalue weighted by Gasteiger charge is 2.08. The quantitative estimate of drug-likeness (QED) is 0.314. The Morgan fingerprint density at radius 1 is 1.00 bits per heavy atom. The Hall–Kier alpha value is -4.33. The number of hydrazone groups is 1. The normalized spacial score (nSPS) is 10.7. The number of carbonyl (C=O) groups excluding carboxylic acids is 1. The third kappa shape index (κ3) is 7.60. The Bertz CT molecular complexity index is 1220. The number of hydrogen-bond donors (Lipinski definition) is 2. The summed E-state index contributed by atoms with van der Waals surface area (Å²) in [6.07, 6.45) is 2.38. The Labute approximate surface area is 204 Å². The van der Waals surface area contributed by atoms with Crippen molar-refractivity contribution in [3.05, 3.63) is 88.5 Å². The molecule has 0 aliphatic heterocycles. The van der Waals surface area contributed by atoms with Crippen molar-refractivity contribution >= 4 is 18.1 Å². The fourth-order valence-electron chi connectivity index (χ4n) is 3.31. The summed E-state index contributed by atoms with van der Waals surface area (Å²) in [5, 5.41) is 13.1. The van der Waals surface area contributed by atoms with Crippen molar-refractivity contribution in [1.82, 2.24) is 5.43 Å². The topological polar surface area (TPSA) is 106 Å². The van der Waals surface area contributed by atoms with Crippen LogP contribution in [0.2, 0.25) is 0 Å². The van der Waals surface area contributed by atoms with Crippen LogP contribution in [0.1, 0.15) is 39.5 Å². The third-order valence-corrected chi connectivity index (χ3v) is 5.05. The summed E-state index contributed by atoms with van der Waals surface area (Å²) in [4.78, 5) is 23.2. The molecule has 182 valence electrons. The number of carboxylic acids is 1. The molecule has 3 aromatic carbocycles. The van der Waals surface area contributed by atoms with Crippen molar-refractivity contribution in [2.24, 2.45) is 5.10 Å². The first-order chi connectivity index (χ1) is 16.9. The van der Waals surface area contributed by atoms with E-state index in [2.05, 4.69) is 23.5 Å². The number of methoxy groups -OCH3 is 1. The molecule has 0 heterocycles. The van der Waals surface area contributed by atoms with E-state index < -0.39 is 5.97 Å². The summed E-state index contributed by atoms with van der Waals surface area (Å²) in [6, 6.07) is 17.6. The second kappa shape index (κ2) is 12.2. The number of ether oxygens (including phenoxy) is 3. The molecule has 35 heavy (non-hydrogen) atoms. The van der Waals surface area contributed by atoms with Crippen LogP contribution in [0.3, 0.4) is 0 Å². The lowest BCUT2D eigenvalue weighted by atomic mass is 10.1. The molecule has 3 rings (SSSR count). The van der Waals surface area contributed by atoms with E-state index in [4.69, 9.17) is 19.3 Å². The first-order valence-corrected chi connectivity index (χ1v) is 11.1. The molecule has 0 saturated heterocycles. The van der Waals surface area contributed by atoms with E-state index in [1.165, 1.54) is 19.4 Å². The molecule has 3 aromatic rings. The third-order valence-electron chi connectivity index (χ3n) is 5.05. The van der Waals surface area contributed by atoms with E-state index in [0.29, 0.717) is 22.8 Å². The van der Waals surface area contributed by atoms with Gasteiger partial charge in [-0.15, -0.1) is 0 Å².